The SMILES string of the molecule is CC(=O)N[C@@H](Cc1c[nH]c2ccccc12)C(=O)N[C@@H](CSSCCN)C(=O)N1CCC[C@H]1C(=O)NCCSSCCN. The highest BCUT2D eigenvalue weighted by molar-refractivity contribution is 8.77. The van der Waals surface area contributed by atoms with Crippen molar-refractivity contribution in [1.29, 1.82) is 0 Å². The van der Waals surface area contributed by atoms with Crippen LogP contribution in [0.15, 0.2) is 30.5 Å². The predicted octanol–water partition coefficient (Wildman–Crippen LogP) is 1.49. The van der Waals surface area contributed by atoms with Gasteiger partial charge in [-0.3, -0.25) is 19.2 Å². The Morgan fingerprint density at radius 1 is 1.00 bits per heavy atom. The molecule has 0 bridgehead atoms. The first-order chi connectivity index (χ1) is 20.3. The molecular weight excluding hydrogens is 615 g/mol. The van der Waals surface area contributed by atoms with Gasteiger partial charge in [0.2, 0.25) is 23.6 Å². The molecule has 15 heteroatoms. The molecule has 2 heterocycles. The molecule has 232 valence electrons. The highest BCUT2D eigenvalue weighted by atomic mass is 33.1. The standard InChI is InChI=1S/C27H41N7O4S4/c1-18(35)32-22(15-19-16-31-21-6-3-2-5-20(19)21)25(36)33-23(17-42-40-13-9-29)27(38)34-11-4-7-24(34)26(37)30-10-14-41-39-12-8-28/h2-3,5-6,16,22-24,31H,4,7-15,17,28-29H2,1H3,(H,30,37)(H,32,35)(H,33,36)/t22-,23-,24-/m0/s1. The molecule has 0 unspecified atom stereocenters. The van der Waals surface area contributed by atoms with Crippen molar-refractivity contribution < 1.29 is 19.2 Å². The molecule has 2 aromatic rings. The summed E-state index contributed by atoms with van der Waals surface area (Å²) >= 11 is 0. The number of carbonyl (C=O) groups is 4. The largest absolute Gasteiger partial charge is 0.361 e. The molecule has 1 saturated heterocycles. The summed E-state index contributed by atoms with van der Waals surface area (Å²) in [5.74, 6) is 1.31. The van der Waals surface area contributed by atoms with Gasteiger partial charge in [-0.05, 0) is 24.5 Å². The maximum atomic E-state index is 13.8. The summed E-state index contributed by atoms with van der Waals surface area (Å²) in [5, 5.41) is 9.56. The number of likely N-dealkylation sites (tertiary alicyclic amines) is 1. The molecule has 4 amide bonds. The third-order valence-corrected chi connectivity index (χ3v) is 11.4. The lowest BCUT2D eigenvalue weighted by Crippen LogP contribution is -2.57. The van der Waals surface area contributed by atoms with E-state index in [1.165, 1.54) is 28.5 Å². The van der Waals surface area contributed by atoms with Gasteiger partial charge < -0.3 is 37.3 Å². The number of carbonyl (C=O) groups excluding carboxylic acids is 4. The van der Waals surface area contributed by atoms with Gasteiger partial charge in [0.15, 0.2) is 0 Å². The van der Waals surface area contributed by atoms with Gasteiger partial charge in [0.25, 0.3) is 0 Å². The third-order valence-electron chi connectivity index (χ3n) is 6.53. The summed E-state index contributed by atoms with van der Waals surface area (Å²) in [4.78, 5) is 57.2. The first-order valence-electron chi connectivity index (χ1n) is 13.9. The minimum atomic E-state index is -0.883. The van der Waals surface area contributed by atoms with Crippen LogP contribution < -0.4 is 27.4 Å². The van der Waals surface area contributed by atoms with Crippen LogP contribution in [0.2, 0.25) is 0 Å². The minimum absolute atomic E-state index is 0.184. The molecule has 1 aromatic heterocycles. The quantitative estimate of drug-likeness (QED) is 0.102. The Hall–Kier alpha value is -2.04. The van der Waals surface area contributed by atoms with Crippen LogP contribution in [0.25, 0.3) is 10.9 Å². The highest BCUT2D eigenvalue weighted by Crippen LogP contribution is 2.25. The van der Waals surface area contributed by atoms with Gasteiger partial charge in [-0.1, -0.05) is 61.4 Å². The number of H-pyrrole nitrogens is 1. The molecule has 8 N–H and O–H groups in total. The number of aromatic amines is 1. The van der Waals surface area contributed by atoms with Crippen molar-refractivity contribution in [3.05, 3.63) is 36.0 Å². The Morgan fingerprint density at radius 2 is 1.71 bits per heavy atom. The van der Waals surface area contributed by atoms with Crippen molar-refractivity contribution >= 4 is 77.7 Å². The fraction of sp³-hybridized carbons (Fsp3) is 0.556. The number of amides is 4. The molecule has 11 nitrogen and oxygen atoms in total. The maximum Gasteiger partial charge on any atom is 0.246 e. The summed E-state index contributed by atoms with van der Waals surface area (Å²) in [6, 6.07) is 5.40. The number of nitrogens with one attached hydrogen (secondary N) is 4. The third kappa shape index (κ3) is 10.6. The zero-order chi connectivity index (χ0) is 30.3. The Labute approximate surface area is 262 Å². The van der Waals surface area contributed by atoms with Crippen molar-refractivity contribution in [3.63, 3.8) is 0 Å². The summed E-state index contributed by atoms with van der Waals surface area (Å²) in [5.41, 5.74) is 12.9. The molecule has 0 aliphatic carbocycles. The number of aromatic nitrogens is 1. The second-order valence-electron chi connectivity index (χ2n) is 9.69. The minimum Gasteiger partial charge on any atom is -0.361 e. The lowest BCUT2D eigenvalue weighted by atomic mass is 10.0. The Kier molecular flexibility index (Phi) is 15.2. The molecule has 1 aliphatic heterocycles. The summed E-state index contributed by atoms with van der Waals surface area (Å²) < 4.78 is 0. The number of benzene rings is 1. The van der Waals surface area contributed by atoms with E-state index in [2.05, 4.69) is 20.9 Å². The zero-order valence-electron chi connectivity index (χ0n) is 23.8. The first-order valence-corrected chi connectivity index (χ1v) is 18.9. The van der Waals surface area contributed by atoms with Crippen molar-refractivity contribution in [2.75, 3.05) is 49.2 Å². The number of hydrogen-bond donors (Lipinski definition) is 6. The second kappa shape index (κ2) is 18.6. The fourth-order valence-corrected chi connectivity index (χ4v) is 8.42. The zero-order valence-corrected chi connectivity index (χ0v) is 27.0. The normalized spacial score (nSPS) is 16.3. The highest BCUT2D eigenvalue weighted by Gasteiger charge is 2.38. The molecule has 0 spiro atoms. The first kappa shape index (κ1) is 34.5. The van der Waals surface area contributed by atoms with Gasteiger partial charge in [0, 0.05) is 79.6 Å². The molecule has 1 aliphatic rings. The fourth-order valence-electron chi connectivity index (χ4n) is 4.65. The van der Waals surface area contributed by atoms with Gasteiger partial charge in [-0.15, -0.1) is 0 Å². The molecule has 3 rings (SSSR count). The second-order valence-corrected chi connectivity index (χ2v) is 15.0. The lowest BCUT2D eigenvalue weighted by molar-refractivity contribution is -0.141. The molecule has 1 fully saturated rings. The Bertz CT molecular complexity index is 1180. The smallest absolute Gasteiger partial charge is 0.246 e. The van der Waals surface area contributed by atoms with Crippen molar-refractivity contribution in [2.24, 2.45) is 11.5 Å². The van der Waals surface area contributed by atoms with Crippen LogP contribution >= 0.6 is 43.2 Å². The van der Waals surface area contributed by atoms with Gasteiger partial charge >= 0.3 is 0 Å². The van der Waals surface area contributed by atoms with Crippen molar-refractivity contribution in [1.82, 2.24) is 25.8 Å². The van der Waals surface area contributed by atoms with E-state index in [0.29, 0.717) is 50.5 Å². The van der Waals surface area contributed by atoms with E-state index < -0.39 is 24.0 Å². The van der Waals surface area contributed by atoms with E-state index in [4.69, 9.17) is 11.5 Å². The lowest BCUT2D eigenvalue weighted by Gasteiger charge is -2.29. The van der Waals surface area contributed by atoms with Crippen LogP contribution in [-0.4, -0.2) is 101 Å². The van der Waals surface area contributed by atoms with Crippen LogP contribution in [0.5, 0.6) is 0 Å². The van der Waals surface area contributed by atoms with E-state index >= 15 is 0 Å². The molecule has 0 radical (unpaired) electrons. The van der Waals surface area contributed by atoms with Gasteiger partial charge in [0.05, 0.1) is 0 Å². The van der Waals surface area contributed by atoms with Crippen LogP contribution in [-0.2, 0) is 25.6 Å². The Morgan fingerprint density at radius 3 is 2.45 bits per heavy atom. The Balaban J connectivity index is 1.69. The number of nitrogens with zero attached hydrogens (tertiary/aromatic N) is 1. The average molecular weight is 656 g/mol. The molecule has 1 aromatic carbocycles. The van der Waals surface area contributed by atoms with E-state index in [-0.39, 0.29) is 24.1 Å². The molecular formula is C27H41N7O4S4. The topological polar surface area (TPSA) is 175 Å². The van der Waals surface area contributed by atoms with E-state index in [1.54, 1.807) is 26.5 Å². The molecule has 3 atom stereocenters. The number of rotatable bonds is 18. The van der Waals surface area contributed by atoms with Crippen LogP contribution in [0.3, 0.4) is 0 Å². The average Bonchev–Trinajstić information content (AvgIpc) is 3.63. The van der Waals surface area contributed by atoms with Gasteiger partial charge in [-0.2, -0.15) is 0 Å². The number of nitrogens with two attached hydrogens (primary N) is 2. The van der Waals surface area contributed by atoms with Crippen LogP contribution in [0.4, 0.5) is 0 Å². The summed E-state index contributed by atoms with van der Waals surface area (Å²) in [6.45, 7) is 3.40. The number of para-hydroxylation sites is 1. The maximum absolute atomic E-state index is 13.8. The van der Waals surface area contributed by atoms with E-state index in [1.807, 2.05) is 30.5 Å². The number of fused-ring (bicyclic) bond motifs is 1. The molecule has 42 heavy (non-hydrogen) atoms. The van der Waals surface area contributed by atoms with Crippen molar-refractivity contribution in [2.45, 2.75) is 44.3 Å². The van der Waals surface area contributed by atoms with Crippen LogP contribution in [0.1, 0.15) is 25.3 Å². The van der Waals surface area contributed by atoms with Gasteiger partial charge in [0.1, 0.15) is 18.1 Å². The van der Waals surface area contributed by atoms with Crippen LogP contribution in [0, 0.1) is 0 Å². The van der Waals surface area contributed by atoms with E-state index in [0.717, 1.165) is 28.0 Å². The molecule has 0 saturated carbocycles. The van der Waals surface area contributed by atoms with Gasteiger partial charge in [-0.25, -0.2) is 0 Å². The van der Waals surface area contributed by atoms with E-state index in [9.17, 15) is 19.2 Å². The summed E-state index contributed by atoms with van der Waals surface area (Å²) in [7, 11) is 6.29. The summed E-state index contributed by atoms with van der Waals surface area (Å²) in [6.07, 6.45) is 3.35. The predicted molar refractivity (Wildman–Crippen MR) is 177 cm³/mol. The number of hydrogen-bond acceptors (Lipinski definition) is 10. The van der Waals surface area contributed by atoms with Crippen molar-refractivity contribution in [3.8, 4) is 0 Å². The monoisotopic (exact) mass is 655 g/mol.